The Bertz CT molecular complexity index is 594. The summed E-state index contributed by atoms with van der Waals surface area (Å²) in [4.78, 5) is 17.1. The monoisotopic (exact) mass is 254 g/mol. The molecule has 19 heavy (non-hydrogen) atoms. The number of carbonyl (C=O) groups is 1. The predicted molar refractivity (Wildman–Crippen MR) is 76.4 cm³/mol. The van der Waals surface area contributed by atoms with Gasteiger partial charge in [-0.3, -0.25) is 0 Å². The lowest BCUT2D eigenvalue weighted by molar-refractivity contribution is 0.0698. The number of benzene rings is 2. The minimum absolute atomic E-state index is 0.195. The maximum Gasteiger partial charge on any atom is 0.337 e. The van der Waals surface area contributed by atoms with Crippen LogP contribution in [0.2, 0.25) is 0 Å². The highest BCUT2D eigenvalue weighted by Crippen LogP contribution is 2.18. The Balaban J connectivity index is 2.22. The van der Waals surface area contributed by atoms with Crippen molar-refractivity contribution in [3.8, 4) is 0 Å². The van der Waals surface area contributed by atoms with Crippen molar-refractivity contribution in [3.05, 3.63) is 60.2 Å². The second-order valence-electron chi connectivity index (χ2n) is 4.01. The van der Waals surface area contributed by atoms with E-state index in [1.807, 2.05) is 42.3 Å². The molecular weight excluding hydrogens is 240 g/mol. The van der Waals surface area contributed by atoms with Crippen LogP contribution >= 0.6 is 0 Å². The number of para-hydroxylation sites is 2. The minimum atomic E-state index is -0.977. The molecule has 0 aliphatic rings. The molecular formula is C15H14N2O2. The van der Waals surface area contributed by atoms with E-state index in [-0.39, 0.29) is 5.56 Å². The fourth-order valence-corrected chi connectivity index (χ4v) is 1.65. The Morgan fingerprint density at radius 1 is 1.11 bits per heavy atom. The molecule has 0 saturated carbocycles. The topological polar surface area (TPSA) is 52.9 Å². The molecule has 0 fully saturated rings. The van der Waals surface area contributed by atoms with Crippen molar-refractivity contribution in [1.82, 2.24) is 0 Å². The number of hydrogen-bond donors (Lipinski definition) is 1. The number of anilines is 1. The van der Waals surface area contributed by atoms with E-state index in [0.29, 0.717) is 5.69 Å². The third-order valence-electron chi connectivity index (χ3n) is 2.67. The van der Waals surface area contributed by atoms with Gasteiger partial charge in [0.05, 0.1) is 17.6 Å². The molecule has 0 aromatic heterocycles. The second-order valence-corrected chi connectivity index (χ2v) is 4.01. The molecule has 0 saturated heterocycles. The van der Waals surface area contributed by atoms with E-state index in [1.165, 1.54) is 6.07 Å². The van der Waals surface area contributed by atoms with Crippen LogP contribution in [-0.4, -0.2) is 24.5 Å². The normalized spacial score (nSPS) is 10.6. The Kier molecular flexibility index (Phi) is 3.93. The highest BCUT2D eigenvalue weighted by atomic mass is 16.4. The summed E-state index contributed by atoms with van der Waals surface area (Å²) in [6.45, 7) is 0. The SMILES string of the molecule is CN(C=Nc1ccccc1C(=O)O)c1ccccc1. The van der Waals surface area contributed by atoms with Gasteiger partial charge in [0.2, 0.25) is 0 Å². The Hall–Kier alpha value is -2.62. The summed E-state index contributed by atoms with van der Waals surface area (Å²) in [6.07, 6.45) is 1.61. The van der Waals surface area contributed by atoms with Gasteiger partial charge in [0.25, 0.3) is 0 Å². The van der Waals surface area contributed by atoms with Crippen molar-refractivity contribution in [1.29, 1.82) is 0 Å². The average molecular weight is 254 g/mol. The predicted octanol–water partition coefficient (Wildman–Crippen LogP) is 3.18. The van der Waals surface area contributed by atoms with Crippen LogP contribution in [0.15, 0.2) is 59.6 Å². The molecule has 2 rings (SSSR count). The molecule has 4 nitrogen and oxygen atoms in total. The number of hydrogen-bond acceptors (Lipinski definition) is 2. The first-order chi connectivity index (χ1) is 9.18. The summed E-state index contributed by atoms with van der Waals surface area (Å²) in [6, 6.07) is 16.4. The third kappa shape index (κ3) is 3.19. The third-order valence-corrected chi connectivity index (χ3v) is 2.67. The van der Waals surface area contributed by atoms with Crippen molar-refractivity contribution in [2.24, 2.45) is 4.99 Å². The Morgan fingerprint density at radius 3 is 2.42 bits per heavy atom. The molecule has 0 radical (unpaired) electrons. The minimum Gasteiger partial charge on any atom is -0.478 e. The molecule has 4 heteroatoms. The summed E-state index contributed by atoms with van der Waals surface area (Å²) < 4.78 is 0. The van der Waals surface area contributed by atoms with Gasteiger partial charge in [-0.05, 0) is 24.3 Å². The molecule has 2 aromatic rings. The first-order valence-electron chi connectivity index (χ1n) is 5.83. The van der Waals surface area contributed by atoms with E-state index in [0.717, 1.165) is 5.69 Å². The molecule has 0 unspecified atom stereocenters. The van der Waals surface area contributed by atoms with E-state index < -0.39 is 5.97 Å². The van der Waals surface area contributed by atoms with Crippen molar-refractivity contribution in [2.75, 3.05) is 11.9 Å². The van der Waals surface area contributed by atoms with Gasteiger partial charge in [-0.25, -0.2) is 9.79 Å². The van der Waals surface area contributed by atoms with Crippen LogP contribution in [0.25, 0.3) is 0 Å². The van der Waals surface area contributed by atoms with Gasteiger partial charge in [-0.2, -0.15) is 0 Å². The van der Waals surface area contributed by atoms with Gasteiger partial charge in [0.15, 0.2) is 0 Å². The maximum atomic E-state index is 11.0. The van der Waals surface area contributed by atoms with Crippen molar-refractivity contribution < 1.29 is 9.90 Å². The van der Waals surface area contributed by atoms with Gasteiger partial charge < -0.3 is 10.0 Å². The van der Waals surface area contributed by atoms with Gasteiger partial charge in [0.1, 0.15) is 0 Å². The molecule has 2 aromatic carbocycles. The molecule has 96 valence electrons. The van der Waals surface area contributed by atoms with Crippen molar-refractivity contribution in [3.63, 3.8) is 0 Å². The fourth-order valence-electron chi connectivity index (χ4n) is 1.65. The zero-order chi connectivity index (χ0) is 13.7. The van der Waals surface area contributed by atoms with Crippen molar-refractivity contribution >= 4 is 23.7 Å². The number of carboxylic acids is 1. The maximum absolute atomic E-state index is 11.0. The van der Waals surface area contributed by atoms with Crippen molar-refractivity contribution in [2.45, 2.75) is 0 Å². The van der Waals surface area contributed by atoms with E-state index in [2.05, 4.69) is 4.99 Å². The highest BCUT2D eigenvalue weighted by molar-refractivity contribution is 5.94. The summed E-state index contributed by atoms with van der Waals surface area (Å²) in [5.41, 5.74) is 1.62. The quantitative estimate of drug-likeness (QED) is 0.673. The summed E-state index contributed by atoms with van der Waals surface area (Å²) in [5, 5.41) is 9.06. The number of aromatic carboxylic acids is 1. The van der Waals surface area contributed by atoms with Crippen LogP contribution in [0.4, 0.5) is 11.4 Å². The summed E-state index contributed by atoms with van der Waals surface area (Å²) >= 11 is 0. The molecule has 0 amide bonds. The van der Waals surface area contributed by atoms with Crippen LogP contribution in [0, 0.1) is 0 Å². The second kappa shape index (κ2) is 5.82. The lowest BCUT2D eigenvalue weighted by Crippen LogP contribution is -2.13. The first kappa shape index (κ1) is 12.8. The average Bonchev–Trinajstić information content (AvgIpc) is 2.46. The fraction of sp³-hybridized carbons (Fsp3) is 0.0667. The van der Waals surface area contributed by atoms with E-state index in [1.54, 1.807) is 24.5 Å². The highest BCUT2D eigenvalue weighted by Gasteiger charge is 2.07. The zero-order valence-corrected chi connectivity index (χ0v) is 10.5. The summed E-state index contributed by atoms with van der Waals surface area (Å²) in [5.74, 6) is -0.977. The van der Waals surface area contributed by atoms with Crippen LogP contribution in [0.3, 0.4) is 0 Å². The molecule has 1 N–H and O–H groups in total. The van der Waals surface area contributed by atoms with E-state index in [9.17, 15) is 4.79 Å². The zero-order valence-electron chi connectivity index (χ0n) is 10.5. The van der Waals surface area contributed by atoms with Crippen LogP contribution in [-0.2, 0) is 0 Å². The molecule has 0 aliphatic carbocycles. The number of nitrogens with zero attached hydrogens (tertiary/aromatic N) is 2. The number of aliphatic imine (C=N–C) groups is 1. The molecule has 0 heterocycles. The van der Waals surface area contributed by atoms with Crippen LogP contribution < -0.4 is 4.90 Å². The van der Waals surface area contributed by atoms with Gasteiger partial charge in [0, 0.05) is 12.7 Å². The van der Waals surface area contributed by atoms with Gasteiger partial charge in [-0.15, -0.1) is 0 Å². The smallest absolute Gasteiger partial charge is 0.337 e. The summed E-state index contributed by atoms with van der Waals surface area (Å²) in [7, 11) is 1.86. The number of rotatable bonds is 4. The van der Waals surface area contributed by atoms with Crippen LogP contribution in [0.5, 0.6) is 0 Å². The standard InChI is InChI=1S/C15H14N2O2/c1-17(12-7-3-2-4-8-12)11-16-14-10-6-5-9-13(14)15(18)19/h2-11H,1H3,(H,18,19). The van der Waals surface area contributed by atoms with Gasteiger partial charge in [-0.1, -0.05) is 30.3 Å². The first-order valence-corrected chi connectivity index (χ1v) is 5.83. The van der Waals surface area contributed by atoms with E-state index >= 15 is 0 Å². The van der Waals surface area contributed by atoms with Crippen LogP contribution in [0.1, 0.15) is 10.4 Å². The lowest BCUT2D eigenvalue weighted by atomic mass is 10.2. The number of carboxylic acid groups (broad SMARTS) is 1. The Labute approximate surface area is 111 Å². The molecule has 0 spiro atoms. The van der Waals surface area contributed by atoms with Gasteiger partial charge >= 0.3 is 5.97 Å². The van der Waals surface area contributed by atoms with E-state index in [4.69, 9.17) is 5.11 Å². The molecule has 0 aliphatic heterocycles. The molecule has 0 bridgehead atoms. The Morgan fingerprint density at radius 2 is 1.74 bits per heavy atom. The lowest BCUT2D eigenvalue weighted by Gasteiger charge is -2.12. The molecule has 0 atom stereocenters. The largest absolute Gasteiger partial charge is 0.478 e.